The smallest absolute Gasteiger partial charge is 0.125 e. The molecule has 0 spiro atoms. The van der Waals surface area contributed by atoms with Gasteiger partial charge in [0.05, 0.1) is 27.9 Å². The zero-order valence-electron chi connectivity index (χ0n) is 24.7. The second kappa shape index (κ2) is 10.9. The number of anilines is 2. The van der Waals surface area contributed by atoms with Crippen molar-refractivity contribution in [2.24, 2.45) is 5.41 Å². The van der Waals surface area contributed by atoms with Gasteiger partial charge in [-0.2, -0.15) is 5.26 Å². The summed E-state index contributed by atoms with van der Waals surface area (Å²) in [5.41, 5.74) is 10.4. The van der Waals surface area contributed by atoms with Gasteiger partial charge in [-0.1, -0.05) is 32.9 Å². The van der Waals surface area contributed by atoms with E-state index in [1.54, 1.807) is 30.7 Å². The van der Waals surface area contributed by atoms with Gasteiger partial charge in [0, 0.05) is 59.6 Å². The maximum atomic E-state index is 14.0. The number of halogens is 1. The molecule has 1 unspecified atom stereocenters. The number of benzene rings is 2. The summed E-state index contributed by atoms with van der Waals surface area (Å²) in [4.78, 5) is 13.6. The Hall–Kier alpha value is -4.69. The van der Waals surface area contributed by atoms with Crippen molar-refractivity contribution in [1.82, 2.24) is 30.9 Å². The molecular formula is C32H33BFN9. The molecule has 1 aliphatic carbocycles. The number of nitrogens with zero attached hydrogens (tertiary/aromatic N) is 5. The molecule has 6 rings (SSSR count). The molecule has 43 heavy (non-hydrogen) atoms. The van der Waals surface area contributed by atoms with Gasteiger partial charge in [0.15, 0.2) is 0 Å². The summed E-state index contributed by atoms with van der Waals surface area (Å²) in [6.07, 6.45) is 9.25. The van der Waals surface area contributed by atoms with E-state index in [0.29, 0.717) is 52.1 Å². The molecule has 1 atom stereocenters. The minimum atomic E-state index is -1.28. The van der Waals surface area contributed by atoms with Crippen LogP contribution in [0.3, 0.4) is 0 Å². The molecule has 0 bridgehead atoms. The summed E-state index contributed by atoms with van der Waals surface area (Å²) in [6, 6.07) is 12.7. The zero-order chi connectivity index (χ0) is 30.4. The van der Waals surface area contributed by atoms with Gasteiger partial charge in [0.25, 0.3) is 0 Å². The first kappa shape index (κ1) is 28.4. The largest absolute Gasteiger partial charge is 0.383 e. The first-order chi connectivity index (χ1) is 20.5. The summed E-state index contributed by atoms with van der Waals surface area (Å²) >= 11 is 0. The summed E-state index contributed by atoms with van der Waals surface area (Å²) < 4.78 is 14.0. The maximum absolute atomic E-state index is 14.0. The summed E-state index contributed by atoms with van der Waals surface area (Å²) in [5, 5.41) is 19.8. The fraction of sp³-hybridized carbons (Fsp3) is 0.312. The molecule has 4 N–H and O–H groups in total. The lowest BCUT2D eigenvalue weighted by Gasteiger charge is -2.34. The Balaban J connectivity index is 1.54. The van der Waals surface area contributed by atoms with E-state index >= 15 is 0 Å². The van der Waals surface area contributed by atoms with E-state index in [1.165, 1.54) is 12.1 Å². The predicted molar refractivity (Wildman–Crippen MR) is 167 cm³/mol. The highest BCUT2D eigenvalue weighted by atomic mass is 19.1. The first-order valence-electron chi connectivity index (χ1n) is 14.3. The van der Waals surface area contributed by atoms with Crippen molar-refractivity contribution >= 4 is 30.1 Å². The van der Waals surface area contributed by atoms with Crippen molar-refractivity contribution < 1.29 is 4.39 Å². The third-order valence-electron chi connectivity index (χ3n) is 7.57. The number of aromatic nitrogens is 3. The SMILES string of the molecule is [B]C(Nc1cc(-c2cnc(C)nc2)c2ncc(C#N)c(NCC(C)(C)C)c2c1)(C1=CN(C2CC2)NN1)c1ccc(F)cc1. The van der Waals surface area contributed by atoms with Crippen LogP contribution in [0.1, 0.15) is 50.6 Å². The van der Waals surface area contributed by atoms with Gasteiger partial charge >= 0.3 is 0 Å². The van der Waals surface area contributed by atoms with E-state index in [9.17, 15) is 9.65 Å². The number of nitriles is 1. The second-order valence-corrected chi connectivity index (χ2v) is 12.4. The van der Waals surface area contributed by atoms with E-state index in [2.05, 4.69) is 58.4 Å². The molecule has 9 nitrogen and oxygen atoms in total. The van der Waals surface area contributed by atoms with Crippen molar-refractivity contribution in [1.29, 1.82) is 5.26 Å². The van der Waals surface area contributed by atoms with Gasteiger partial charge in [-0.3, -0.25) is 9.99 Å². The fourth-order valence-electron chi connectivity index (χ4n) is 5.07. The normalized spacial score (nSPS) is 16.3. The lowest BCUT2D eigenvalue weighted by atomic mass is 9.69. The van der Waals surface area contributed by atoms with Crippen molar-refractivity contribution in [2.45, 2.75) is 52.0 Å². The first-order valence-corrected chi connectivity index (χ1v) is 14.3. The van der Waals surface area contributed by atoms with Crippen LogP contribution in [0.4, 0.5) is 15.8 Å². The Bertz CT molecular complexity index is 1740. The fourth-order valence-corrected chi connectivity index (χ4v) is 5.07. The molecule has 0 amide bonds. The van der Waals surface area contributed by atoms with Crippen LogP contribution in [-0.4, -0.2) is 40.4 Å². The van der Waals surface area contributed by atoms with E-state index in [-0.39, 0.29) is 11.2 Å². The van der Waals surface area contributed by atoms with Crippen LogP contribution in [0.5, 0.6) is 0 Å². The second-order valence-electron chi connectivity index (χ2n) is 12.4. The number of pyridine rings is 1. The molecule has 216 valence electrons. The van der Waals surface area contributed by atoms with Gasteiger partial charge < -0.3 is 16.1 Å². The lowest BCUT2D eigenvalue weighted by Crippen LogP contribution is -2.45. The number of nitrogens with one attached hydrogen (secondary N) is 4. The number of rotatable bonds is 8. The van der Waals surface area contributed by atoms with Crippen LogP contribution >= 0.6 is 0 Å². The molecule has 4 aromatic rings. The zero-order valence-corrected chi connectivity index (χ0v) is 24.7. The standard InChI is InChI=1S/C32H33BFN9/c1-19-36-15-21(16-37-19)26-11-24(12-27-29(39-18-31(2,3)4)20(13-35)14-38-30(26)27)40-32(33,22-5-7-23(34)8-6-22)28-17-43(42-41-28)25-9-10-25/h5-8,11-12,14-17,25,40-42H,9-10,18H2,1-4H3,(H,38,39). The predicted octanol–water partition coefficient (Wildman–Crippen LogP) is 5.23. The molecule has 1 aliphatic heterocycles. The number of hydrogen-bond acceptors (Lipinski definition) is 9. The Kier molecular flexibility index (Phi) is 7.18. The minimum absolute atomic E-state index is 0.0398. The Morgan fingerprint density at radius 3 is 2.47 bits per heavy atom. The van der Waals surface area contributed by atoms with Crippen molar-refractivity contribution in [3.63, 3.8) is 0 Å². The van der Waals surface area contributed by atoms with Crippen LogP contribution in [-0.2, 0) is 5.44 Å². The average molecular weight is 573 g/mol. The molecule has 2 radical (unpaired) electrons. The van der Waals surface area contributed by atoms with Crippen LogP contribution in [0, 0.1) is 29.5 Å². The van der Waals surface area contributed by atoms with Crippen LogP contribution < -0.4 is 21.6 Å². The number of fused-ring (bicyclic) bond motifs is 1. The third kappa shape index (κ3) is 5.83. The molecular weight excluding hydrogens is 540 g/mol. The van der Waals surface area contributed by atoms with Gasteiger partial charge in [0.1, 0.15) is 25.6 Å². The van der Waals surface area contributed by atoms with E-state index in [1.807, 2.05) is 30.3 Å². The quantitative estimate of drug-likeness (QED) is 0.211. The number of hydrogen-bond donors (Lipinski definition) is 4. The van der Waals surface area contributed by atoms with Crippen molar-refractivity contribution in [3.8, 4) is 17.2 Å². The monoisotopic (exact) mass is 573 g/mol. The molecule has 2 aliphatic rings. The highest BCUT2D eigenvalue weighted by Crippen LogP contribution is 2.39. The Labute approximate surface area is 252 Å². The van der Waals surface area contributed by atoms with Gasteiger partial charge in [-0.05, 0) is 55.0 Å². The van der Waals surface area contributed by atoms with Crippen LogP contribution in [0.2, 0.25) is 0 Å². The topological polar surface area (TPSA) is 114 Å². The van der Waals surface area contributed by atoms with Crippen LogP contribution in [0.25, 0.3) is 22.0 Å². The molecule has 3 heterocycles. The van der Waals surface area contributed by atoms with E-state index in [0.717, 1.165) is 29.4 Å². The lowest BCUT2D eigenvalue weighted by molar-refractivity contribution is 0.260. The Morgan fingerprint density at radius 2 is 1.81 bits per heavy atom. The maximum Gasteiger partial charge on any atom is 0.125 e. The molecule has 0 saturated heterocycles. The van der Waals surface area contributed by atoms with Gasteiger partial charge in [-0.15, -0.1) is 5.53 Å². The van der Waals surface area contributed by atoms with Gasteiger partial charge in [0.2, 0.25) is 0 Å². The van der Waals surface area contributed by atoms with Crippen molar-refractivity contribution in [2.75, 3.05) is 17.2 Å². The molecule has 2 aromatic carbocycles. The summed E-state index contributed by atoms with van der Waals surface area (Å²) in [5.74, 6) is 0.299. The van der Waals surface area contributed by atoms with E-state index in [4.69, 9.17) is 12.8 Å². The number of aryl methyl sites for hydroxylation is 1. The molecule has 1 fully saturated rings. The average Bonchev–Trinajstić information content (AvgIpc) is 3.71. The highest BCUT2D eigenvalue weighted by molar-refractivity contribution is 6.19. The minimum Gasteiger partial charge on any atom is -0.383 e. The third-order valence-corrected chi connectivity index (χ3v) is 7.57. The van der Waals surface area contributed by atoms with Crippen LogP contribution in [0.15, 0.2) is 66.9 Å². The summed E-state index contributed by atoms with van der Waals surface area (Å²) in [7, 11) is 7.21. The van der Waals surface area contributed by atoms with Gasteiger partial charge in [-0.25, -0.2) is 14.4 Å². The van der Waals surface area contributed by atoms with Crippen molar-refractivity contribution in [3.05, 3.63) is 89.7 Å². The number of hydrazine groups is 2. The summed E-state index contributed by atoms with van der Waals surface area (Å²) in [6.45, 7) is 8.86. The van der Waals surface area contributed by atoms with E-state index < -0.39 is 5.44 Å². The molecule has 2 aromatic heterocycles. The molecule has 1 saturated carbocycles. The highest BCUT2D eigenvalue weighted by Gasteiger charge is 2.38. The molecule has 11 heteroatoms. The Morgan fingerprint density at radius 1 is 1.09 bits per heavy atom.